The summed E-state index contributed by atoms with van der Waals surface area (Å²) in [6.45, 7) is 4.56. The quantitative estimate of drug-likeness (QED) is 0.847. The summed E-state index contributed by atoms with van der Waals surface area (Å²) in [7, 11) is 0. The molecule has 0 saturated carbocycles. The standard InChI is InChI=1S/C14H18ClFN2O2/c1-9(2)5-6-17-13(19)8-18-14(20)11-4-3-10(16)7-12(11)15/h3-4,7,9H,5-6,8H2,1-2H3,(H,17,19)(H,18,20). The fraction of sp³-hybridized carbons (Fsp3) is 0.429. The largest absolute Gasteiger partial charge is 0.355 e. The maximum atomic E-state index is 12.8. The molecular formula is C14H18ClFN2O2. The Labute approximate surface area is 122 Å². The van der Waals surface area contributed by atoms with Gasteiger partial charge in [-0.25, -0.2) is 4.39 Å². The summed E-state index contributed by atoms with van der Waals surface area (Å²) in [4.78, 5) is 23.2. The van der Waals surface area contributed by atoms with E-state index in [-0.39, 0.29) is 23.0 Å². The van der Waals surface area contributed by atoms with Crippen molar-refractivity contribution in [3.8, 4) is 0 Å². The molecular weight excluding hydrogens is 283 g/mol. The first-order chi connectivity index (χ1) is 9.40. The van der Waals surface area contributed by atoms with Crippen LogP contribution < -0.4 is 10.6 Å². The van der Waals surface area contributed by atoms with E-state index in [0.717, 1.165) is 18.6 Å². The number of nitrogens with one attached hydrogen (secondary N) is 2. The van der Waals surface area contributed by atoms with Gasteiger partial charge in [-0.1, -0.05) is 25.4 Å². The van der Waals surface area contributed by atoms with Gasteiger partial charge < -0.3 is 10.6 Å². The monoisotopic (exact) mass is 300 g/mol. The van der Waals surface area contributed by atoms with Gasteiger partial charge in [0, 0.05) is 6.54 Å². The molecule has 0 unspecified atom stereocenters. The lowest BCUT2D eigenvalue weighted by Crippen LogP contribution is -2.37. The molecule has 0 saturated heterocycles. The molecule has 2 N–H and O–H groups in total. The van der Waals surface area contributed by atoms with Crippen molar-refractivity contribution < 1.29 is 14.0 Å². The van der Waals surface area contributed by atoms with E-state index < -0.39 is 11.7 Å². The molecule has 0 bridgehead atoms. The third kappa shape index (κ3) is 5.57. The molecule has 0 radical (unpaired) electrons. The van der Waals surface area contributed by atoms with E-state index in [9.17, 15) is 14.0 Å². The van der Waals surface area contributed by atoms with Gasteiger partial charge in [-0.15, -0.1) is 0 Å². The van der Waals surface area contributed by atoms with Gasteiger partial charge >= 0.3 is 0 Å². The molecule has 0 aliphatic carbocycles. The van der Waals surface area contributed by atoms with Gasteiger partial charge in [0.2, 0.25) is 5.91 Å². The van der Waals surface area contributed by atoms with Crippen molar-refractivity contribution in [2.45, 2.75) is 20.3 Å². The molecule has 0 aromatic heterocycles. The summed E-state index contributed by atoms with van der Waals surface area (Å²) in [5.74, 6) is -0.785. The summed E-state index contributed by atoms with van der Waals surface area (Å²) >= 11 is 5.76. The lowest BCUT2D eigenvalue weighted by molar-refractivity contribution is -0.120. The van der Waals surface area contributed by atoms with Gasteiger partial charge in [0.15, 0.2) is 0 Å². The van der Waals surface area contributed by atoms with Gasteiger partial charge in [0.25, 0.3) is 5.91 Å². The van der Waals surface area contributed by atoms with Gasteiger partial charge in [0.05, 0.1) is 17.1 Å². The molecule has 1 aromatic rings. The first-order valence-electron chi connectivity index (χ1n) is 6.40. The zero-order valence-corrected chi connectivity index (χ0v) is 12.3. The lowest BCUT2D eigenvalue weighted by Gasteiger charge is -2.09. The van der Waals surface area contributed by atoms with Crippen LogP contribution in [0.15, 0.2) is 18.2 Å². The van der Waals surface area contributed by atoms with Gasteiger partial charge in [0.1, 0.15) is 5.82 Å². The number of halogens is 2. The van der Waals surface area contributed by atoms with Crippen molar-refractivity contribution in [1.29, 1.82) is 0 Å². The maximum absolute atomic E-state index is 12.8. The summed E-state index contributed by atoms with van der Waals surface area (Å²) in [5.41, 5.74) is 0.142. The zero-order chi connectivity index (χ0) is 15.1. The second kappa shape index (κ2) is 7.85. The minimum absolute atomic E-state index is 0.0164. The minimum atomic E-state index is -0.516. The number of hydrogen-bond donors (Lipinski definition) is 2. The topological polar surface area (TPSA) is 58.2 Å². The molecule has 0 aliphatic heterocycles. The molecule has 2 amide bonds. The van der Waals surface area contributed by atoms with Crippen molar-refractivity contribution in [2.75, 3.05) is 13.1 Å². The minimum Gasteiger partial charge on any atom is -0.355 e. The van der Waals surface area contributed by atoms with Crippen LogP contribution in [0, 0.1) is 11.7 Å². The van der Waals surface area contributed by atoms with Crippen molar-refractivity contribution in [3.05, 3.63) is 34.6 Å². The average molecular weight is 301 g/mol. The lowest BCUT2D eigenvalue weighted by atomic mass is 10.1. The van der Waals surface area contributed by atoms with Crippen LogP contribution in [0.25, 0.3) is 0 Å². The smallest absolute Gasteiger partial charge is 0.253 e. The molecule has 20 heavy (non-hydrogen) atoms. The van der Waals surface area contributed by atoms with Crippen molar-refractivity contribution in [3.63, 3.8) is 0 Å². The van der Waals surface area contributed by atoms with Crippen LogP contribution in [-0.2, 0) is 4.79 Å². The zero-order valence-electron chi connectivity index (χ0n) is 11.5. The first kappa shape index (κ1) is 16.4. The maximum Gasteiger partial charge on any atom is 0.253 e. The SMILES string of the molecule is CC(C)CCNC(=O)CNC(=O)c1ccc(F)cc1Cl. The van der Waals surface area contributed by atoms with E-state index in [1.54, 1.807) is 0 Å². The predicted octanol–water partition coefficient (Wildman–Crippen LogP) is 2.37. The van der Waals surface area contributed by atoms with Crippen molar-refractivity contribution in [2.24, 2.45) is 5.92 Å². The second-order valence-electron chi connectivity index (χ2n) is 4.84. The van der Waals surface area contributed by atoms with E-state index in [0.29, 0.717) is 12.5 Å². The Kier molecular flexibility index (Phi) is 6.45. The summed E-state index contributed by atoms with van der Waals surface area (Å²) < 4.78 is 12.8. The molecule has 4 nitrogen and oxygen atoms in total. The predicted molar refractivity (Wildman–Crippen MR) is 76.2 cm³/mol. The Morgan fingerprint density at radius 3 is 2.60 bits per heavy atom. The van der Waals surface area contributed by atoms with Crippen molar-refractivity contribution >= 4 is 23.4 Å². The number of carbonyl (C=O) groups excluding carboxylic acids is 2. The van der Waals surface area contributed by atoms with Gasteiger partial charge in [-0.2, -0.15) is 0 Å². The van der Waals surface area contributed by atoms with E-state index in [1.807, 2.05) is 0 Å². The van der Waals surface area contributed by atoms with Crippen LogP contribution >= 0.6 is 11.6 Å². The summed E-state index contributed by atoms with van der Waals surface area (Å²) in [6, 6.07) is 3.48. The molecule has 0 heterocycles. The molecule has 0 spiro atoms. The molecule has 6 heteroatoms. The van der Waals surface area contributed by atoms with Crippen LogP contribution in [0.3, 0.4) is 0 Å². The highest BCUT2D eigenvalue weighted by atomic mass is 35.5. The molecule has 1 aromatic carbocycles. The summed E-state index contributed by atoms with van der Waals surface area (Å²) in [6.07, 6.45) is 0.878. The van der Waals surface area contributed by atoms with E-state index in [2.05, 4.69) is 24.5 Å². The van der Waals surface area contributed by atoms with Crippen LogP contribution in [0.2, 0.25) is 5.02 Å². The third-order valence-corrected chi connectivity index (χ3v) is 2.94. The number of carbonyl (C=O) groups is 2. The highest BCUT2D eigenvalue weighted by Gasteiger charge is 2.12. The molecule has 0 aliphatic rings. The second-order valence-corrected chi connectivity index (χ2v) is 5.25. The Morgan fingerprint density at radius 1 is 1.30 bits per heavy atom. The Hall–Kier alpha value is -1.62. The fourth-order valence-corrected chi connectivity index (χ4v) is 1.75. The number of hydrogen-bond acceptors (Lipinski definition) is 2. The number of amides is 2. The van der Waals surface area contributed by atoms with Crippen LogP contribution in [-0.4, -0.2) is 24.9 Å². The van der Waals surface area contributed by atoms with Gasteiger partial charge in [-0.05, 0) is 30.5 Å². The summed E-state index contributed by atoms with van der Waals surface area (Å²) in [5, 5.41) is 5.15. The first-order valence-corrected chi connectivity index (χ1v) is 6.78. The number of benzene rings is 1. The Balaban J connectivity index is 2.41. The van der Waals surface area contributed by atoms with Crippen molar-refractivity contribution in [1.82, 2.24) is 10.6 Å². The van der Waals surface area contributed by atoms with E-state index >= 15 is 0 Å². The molecule has 0 atom stereocenters. The molecule has 110 valence electrons. The Morgan fingerprint density at radius 2 is 2.00 bits per heavy atom. The highest BCUT2D eigenvalue weighted by molar-refractivity contribution is 6.33. The van der Waals surface area contributed by atoms with Crippen LogP contribution in [0.1, 0.15) is 30.6 Å². The van der Waals surface area contributed by atoms with Gasteiger partial charge in [-0.3, -0.25) is 9.59 Å². The average Bonchev–Trinajstić information content (AvgIpc) is 2.35. The van der Waals surface area contributed by atoms with Crippen LogP contribution in [0.5, 0.6) is 0 Å². The molecule has 0 fully saturated rings. The van der Waals surface area contributed by atoms with E-state index in [1.165, 1.54) is 6.07 Å². The van der Waals surface area contributed by atoms with Crippen LogP contribution in [0.4, 0.5) is 4.39 Å². The number of rotatable bonds is 6. The third-order valence-electron chi connectivity index (χ3n) is 2.63. The normalized spacial score (nSPS) is 10.4. The van der Waals surface area contributed by atoms with E-state index in [4.69, 9.17) is 11.6 Å². The Bertz CT molecular complexity index is 492. The highest BCUT2D eigenvalue weighted by Crippen LogP contribution is 2.16. The molecule has 1 rings (SSSR count). The fourth-order valence-electron chi connectivity index (χ4n) is 1.49.